The van der Waals surface area contributed by atoms with Gasteiger partial charge in [0, 0.05) is 24.4 Å². The zero-order valence-corrected chi connectivity index (χ0v) is 28.4. The number of likely N-dealkylation sites (tertiary alicyclic amines) is 1. The first-order valence-electron chi connectivity index (χ1n) is 16.2. The first-order valence-corrected chi connectivity index (χ1v) is 16.2. The van der Waals surface area contributed by atoms with Crippen molar-refractivity contribution in [2.45, 2.75) is 84.7 Å². The summed E-state index contributed by atoms with van der Waals surface area (Å²) in [5.74, 6) is -3.44. The second-order valence-electron chi connectivity index (χ2n) is 13.4. The first kappa shape index (κ1) is 38.6. The van der Waals surface area contributed by atoms with Crippen LogP contribution in [0.15, 0.2) is 41.3 Å². The molecular weight excluding hydrogens is 671 g/mol. The molecule has 14 heteroatoms. The maximum atomic E-state index is 15.8. The molecule has 0 bridgehead atoms. The maximum absolute atomic E-state index is 15.8. The van der Waals surface area contributed by atoms with Crippen LogP contribution in [0.5, 0.6) is 0 Å². The van der Waals surface area contributed by atoms with Gasteiger partial charge in [-0.2, -0.15) is 26.3 Å². The summed E-state index contributed by atoms with van der Waals surface area (Å²) in [4.78, 5) is 41.2. The number of carbonyl (C=O) groups excluding carboxylic acids is 1. The summed E-state index contributed by atoms with van der Waals surface area (Å²) < 4.78 is 99.1. The second kappa shape index (κ2) is 15.0. The number of aromatic nitrogens is 1. The topological polar surface area (TPSA) is 91.6 Å². The van der Waals surface area contributed by atoms with Crippen molar-refractivity contribution in [1.82, 2.24) is 14.8 Å². The number of nitrogens with zero attached hydrogens (tertiary/aromatic N) is 2. The summed E-state index contributed by atoms with van der Waals surface area (Å²) in [6.07, 6.45) is -8.34. The molecular formula is C36H40F7N3O4. The average molecular weight is 712 g/mol. The number of carboxylic acid groups (broad SMARTS) is 1. The third-order valence-electron chi connectivity index (χ3n) is 8.95. The molecule has 1 fully saturated rings. The van der Waals surface area contributed by atoms with E-state index in [1.165, 1.54) is 32.9 Å². The first-order chi connectivity index (χ1) is 23.2. The van der Waals surface area contributed by atoms with Crippen LogP contribution >= 0.6 is 0 Å². The molecule has 3 aromatic rings. The minimum atomic E-state index is -4.82. The summed E-state index contributed by atoms with van der Waals surface area (Å²) >= 11 is 0. The SMILES string of the molecule is Cc1cc(-c2c(C)cc(C(F)(F)F)cc2C)cc(C(CC(=O)O)NC(=O)C(CC(C)C)n2cc(CCN3CCC3)c(C(F)(F)F)cc2=O)c1F. The lowest BCUT2D eigenvalue weighted by atomic mass is 9.89. The van der Waals surface area contributed by atoms with Crippen molar-refractivity contribution in [3.8, 4) is 11.1 Å². The predicted octanol–water partition coefficient (Wildman–Crippen LogP) is 7.78. The van der Waals surface area contributed by atoms with Crippen molar-refractivity contribution in [2.75, 3.05) is 19.6 Å². The van der Waals surface area contributed by atoms with Crippen LogP contribution in [0.2, 0.25) is 0 Å². The smallest absolute Gasteiger partial charge is 0.416 e. The number of nitrogens with one attached hydrogen (secondary N) is 1. The van der Waals surface area contributed by atoms with E-state index in [2.05, 4.69) is 5.32 Å². The number of aryl methyl sites for hydroxylation is 3. The highest BCUT2D eigenvalue weighted by molar-refractivity contribution is 5.82. The Morgan fingerprint density at radius 2 is 1.54 bits per heavy atom. The molecule has 272 valence electrons. The van der Waals surface area contributed by atoms with Gasteiger partial charge in [-0.1, -0.05) is 13.8 Å². The van der Waals surface area contributed by atoms with Gasteiger partial charge in [0.2, 0.25) is 5.91 Å². The zero-order chi connectivity index (χ0) is 37.3. The Labute approximate surface area is 285 Å². The Kier molecular flexibility index (Phi) is 11.5. The monoisotopic (exact) mass is 711 g/mol. The van der Waals surface area contributed by atoms with Crippen molar-refractivity contribution < 1.29 is 45.4 Å². The van der Waals surface area contributed by atoms with E-state index in [1.807, 2.05) is 4.90 Å². The lowest BCUT2D eigenvalue weighted by molar-refractivity contribution is -0.139. The normalized spacial score (nSPS) is 15.1. The van der Waals surface area contributed by atoms with Gasteiger partial charge in [0.05, 0.1) is 23.6 Å². The Morgan fingerprint density at radius 1 is 0.920 bits per heavy atom. The van der Waals surface area contributed by atoms with Crippen LogP contribution in [0, 0.1) is 32.5 Å². The standard InChI is InChI=1S/C36H40F7N3O4/c1-19(2)11-29(46-18-23(7-10-45-8-6-9-45)27(16-30(46)47)36(41,42)43)34(50)44-28(17-31(48)49)26-15-24(12-22(5)33(26)37)32-20(3)13-25(14-21(32)4)35(38,39)40/h12-16,18-19,28-29H,6-11,17H2,1-5H3,(H,44,50)(H,48,49). The molecule has 1 saturated heterocycles. The lowest BCUT2D eigenvalue weighted by Crippen LogP contribution is -2.41. The van der Waals surface area contributed by atoms with Crippen LogP contribution in [0.3, 0.4) is 0 Å². The molecule has 2 atom stereocenters. The van der Waals surface area contributed by atoms with Gasteiger partial charge in [-0.3, -0.25) is 14.4 Å². The summed E-state index contributed by atoms with van der Waals surface area (Å²) in [6.45, 7) is 9.56. The van der Waals surface area contributed by atoms with Gasteiger partial charge >= 0.3 is 18.3 Å². The number of aliphatic carboxylic acids is 1. The molecule has 1 aromatic heterocycles. The average Bonchev–Trinajstić information content (AvgIpc) is 2.95. The fraction of sp³-hybridized carbons (Fsp3) is 0.472. The number of hydrogen-bond donors (Lipinski definition) is 2. The largest absolute Gasteiger partial charge is 0.481 e. The van der Waals surface area contributed by atoms with Gasteiger partial charge in [-0.05, 0) is 117 Å². The molecule has 2 N–H and O–H groups in total. The molecule has 4 rings (SSSR count). The van der Waals surface area contributed by atoms with Crippen molar-refractivity contribution in [1.29, 1.82) is 0 Å². The maximum Gasteiger partial charge on any atom is 0.416 e. The number of alkyl halides is 6. The number of carbonyl (C=O) groups is 2. The molecule has 2 aromatic carbocycles. The minimum Gasteiger partial charge on any atom is -0.481 e. The molecule has 0 saturated carbocycles. The van der Waals surface area contributed by atoms with Crippen LogP contribution < -0.4 is 10.9 Å². The number of hydrogen-bond acceptors (Lipinski definition) is 4. The molecule has 7 nitrogen and oxygen atoms in total. The van der Waals surface area contributed by atoms with Gasteiger partial charge in [0.25, 0.3) is 5.56 Å². The van der Waals surface area contributed by atoms with Crippen molar-refractivity contribution >= 4 is 11.9 Å². The summed E-state index contributed by atoms with van der Waals surface area (Å²) in [7, 11) is 0. The third-order valence-corrected chi connectivity index (χ3v) is 8.95. The van der Waals surface area contributed by atoms with Gasteiger partial charge < -0.3 is 19.9 Å². The quantitative estimate of drug-likeness (QED) is 0.187. The van der Waals surface area contributed by atoms with Gasteiger partial charge in [-0.15, -0.1) is 0 Å². The summed E-state index contributed by atoms with van der Waals surface area (Å²) in [5.41, 5.74) is -2.34. The van der Waals surface area contributed by atoms with E-state index in [0.717, 1.165) is 42.4 Å². The van der Waals surface area contributed by atoms with Crippen LogP contribution in [-0.4, -0.2) is 46.1 Å². The molecule has 2 heterocycles. The lowest BCUT2D eigenvalue weighted by Gasteiger charge is -2.31. The second-order valence-corrected chi connectivity index (χ2v) is 13.4. The van der Waals surface area contributed by atoms with E-state index in [1.54, 1.807) is 13.8 Å². The minimum absolute atomic E-state index is 0.0199. The molecule has 50 heavy (non-hydrogen) atoms. The van der Waals surface area contributed by atoms with Gasteiger partial charge in [0.1, 0.15) is 11.9 Å². The molecule has 0 aliphatic carbocycles. The van der Waals surface area contributed by atoms with Crippen LogP contribution in [0.1, 0.15) is 84.1 Å². The summed E-state index contributed by atoms with van der Waals surface area (Å²) in [6, 6.07) is 2.15. The fourth-order valence-corrected chi connectivity index (χ4v) is 6.43. The summed E-state index contributed by atoms with van der Waals surface area (Å²) in [5, 5.41) is 12.3. The Bertz CT molecular complexity index is 1790. The molecule has 1 amide bonds. The molecule has 1 aliphatic rings. The van der Waals surface area contributed by atoms with Crippen LogP contribution in [-0.2, 0) is 28.4 Å². The van der Waals surface area contributed by atoms with E-state index >= 15 is 4.39 Å². The van der Waals surface area contributed by atoms with Crippen molar-refractivity contribution in [3.63, 3.8) is 0 Å². The third kappa shape index (κ3) is 8.93. The van der Waals surface area contributed by atoms with Gasteiger partial charge in [-0.25, -0.2) is 4.39 Å². The van der Waals surface area contributed by atoms with Gasteiger partial charge in [0.15, 0.2) is 0 Å². The van der Waals surface area contributed by atoms with Crippen molar-refractivity contribution in [2.24, 2.45) is 5.92 Å². The Balaban J connectivity index is 1.78. The van der Waals surface area contributed by atoms with E-state index in [0.29, 0.717) is 18.2 Å². The molecule has 0 radical (unpaired) electrons. The van der Waals surface area contributed by atoms with Crippen LogP contribution in [0.4, 0.5) is 30.7 Å². The zero-order valence-electron chi connectivity index (χ0n) is 28.4. The van der Waals surface area contributed by atoms with E-state index in [9.17, 15) is 45.8 Å². The molecule has 2 unspecified atom stereocenters. The predicted molar refractivity (Wildman–Crippen MR) is 173 cm³/mol. The number of pyridine rings is 1. The highest BCUT2D eigenvalue weighted by atomic mass is 19.4. The number of halogens is 7. The Morgan fingerprint density at radius 3 is 2.04 bits per heavy atom. The number of carboxylic acids is 1. The van der Waals surface area contributed by atoms with E-state index in [4.69, 9.17) is 0 Å². The van der Waals surface area contributed by atoms with E-state index < -0.39 is 65.2 Å². The molecule has 0 spiro atoms. The van der Waals surface area contributed by atoms with E-state index in [-0.39, 0.29) is 52.1 Å². The molecule has 1 aliphatic heterocycles. The van der Waals surface area contributed by atoms with Crippen LogP contribution in [0.25, 0.3) is 11.1 Å². The fourth-order valence-electron chi connectivity index (χ4n) is 6.43. The number of benzene rings is 2. The van der Waals surface area contributed by atoms with Crippen molar-refractivity contribution in [3.05, 3.63) is 91.6 Å². The highest BCUT2D eigenvalue weighted by Crippen LogP contribution is 2.38. The highest BCUT2D eigenvalue weighted by Gasteiger charge is 2.36. The number of rotatable bonds is 12. The number of amides is 1. The Hall–Kier alpha value is -4.20.